The molecule has 3 aromatic carbocycles. The normalized spacial score (nSPS) is 11.9. The second-order valence-electron chi connectivity index (χ2n) is 8.17. The fourth-order valence-corrected chi connectivity index (χ4v) is 4.35. The summed E-state index contributed by atoms with van der Waals surface area (Å²) >= 11 is 6.40. The largest absolute Gasteiger partial charge is 0.497 e. The molecule has 3 N–H and O–H groups in total. The molecule has 0 radical (unpaired) electrons. The molecule has 1 atom stereocenters. The Morgan fingerprint density at radius 1 is 1.03 bits per heavy atom. The molecule has 0 aliphatic carbocycles. The highest BCUT2D eigenvalue weighted by atomic mass is 35.5. The Labute approximate surface area is 212 Å². The first-order valence-corrected chi connectivity index (χ1v) is 11.6. The highest BCUT2D eigenvalue weighted by Gasteiger charge is 2.21. The number of nitrogens with zero attached hydrogens (tertiary/aromatic N) is 4. The first-order valence-electron chi connectivity index (χ1n) is 11.3. The van der Waals surface area contributed by atoms with Crippen molar-refractivity contribution in [3.8, 4) is 22.6 Å². The third-order valence-electron chi connectivity index (χ3n) is 5.82. The average molecular weight is 499 g/mol. The highest BCUT2D eigenvalue weighted by molar-refractivity contribution is 6.35. The third-order valence-corrected chi connectivity index (χ3v) is 6.13. The number of methoxy groups -OCH3 is 1. The average Bonchev–Trinajstić information content (AvgIpc) is 2.89. The molecule has 5 rings (SSSR count). The van der Waals surface area contributed by atoms with Crippen molar-refractivity contribution < 1.29 is 4.74 Å². The van der Waals surface area contributed by atoms with Crippen LogP contribution in [0.4, 0.5) is 11.8 Å². The number of anilines is 2. The van der Waals surface area contributed by atoms with E-state index < -0.39 is 6.04 Å². The predicted molar refractivity (Wildman–Crippen MR) is 143 cm³/mol. The van der Waals surface area contributed by atoms with E-state index in [1.54, 1.807) is 36.1 Å². The molecule has 0 spiro atoms. The maximum Gasteiger partial charge on any atom is 0.267 e. The molecule has 0 fully saturated rings. The zero-order chi connectivity index (χ0) is 25.2. The van der Waals surface area contributed by atoms with Crippen LogP contribution in [0.3, 0.4) is 0 Å². The number of nitrogens with two attached hydrogens (primary N) is 1. The summed E-state index contributed by atoms with van der Waals surface area (Å²) in [6.45, 7) is 1.91. The van der Waals surface area contributed by atoms with Crippen molar-refractivity contribution in [1.82, 2.24) is 19.5 Å². The van der Waals surface area contributed by atoms with E-state index in [4.69, 9.17) is 27.1 Å². The van der Waals surface area contributed by atoms with E-state index in [1.165, 1.54) is 0 Å². The van der Waals surface area contributed by atoms with Crippen LogP contribution in [0.25, 0.3) is 27.7 Å². The Hall–Kier alpha value is -4.43. The molecule has 180 valence electrons. The Morgan fingerprint density at radius 2 is 1.81 bits per heavy atom. The van der Waals surface area contributed by atoms with E-state index in [0.29, 0.717) is 39.0 Å². The van der Waals surface area contributed by atoms with Crippen molar-refractivity contribution in [3.05, 3.63) is 100 Å². The van der Waals surface area contributed by atoms with Gasteiger partial charge in [0.15, 0.2) is 0 Å². The minimum absolute atomic E-state index is 0.120. The lowest BCUT2D eigenvalue weighted by atomic mass is 10.1. The Morgan fingerprint density at radius 3 is 2.58 bits per heavy atom. The molecule has 0 aliphatic heterocycles. The van der Waals surface area contributed by atoms with E-state index >= 15 is 0 Å². The van der Waals surface area contributed by atoms with Gasteiger partial charge in [-0.15, -0.1) is 0 Å². The van der Waals surface area contributed by atoms with Gasteiger partial charge in [-0.25, -0.2) is 9.97 Å². The van der Waals surface area contributed by atoms with Gasteiger partial charge in [-0.05, 0) is 48.9 Å². The maximum absolute atomic E-state index is 13.7. The zero-order valence-electron chi connectivity index (χ0n) is 19.6. The van der Waals surface area contributed by atoms with Crippen LogP contribution >= 0.6 is 11.6 Å². The lowest BCUT2D eigenvalue weighted by molar-refractivity contribution is 0.415. The van der Waals surface area contributed by atoms with Gasteiger partial charge in [0.1, 0.15) is 17.4 Å². The summed E-state index contributed by atoms with van der Waals surface area (Å²) in [6.07, 6.45) is 1.66. The minimum Gasteiger partial charge on any atom is -0.497 e. The summed E-state index contributed by atoms with van der Waals surface area (Å²) in [5, 5.41) is 4.11. The molecule has 0 aliphatic rings. The van der Waals surface area contributed by atoms with Gasteiger partial charge in [0, 0.05) is 11.8 Å². The van der Waals surface area contributed by atoms with Crippen molar-refractivity contribution in [2.24, 2.45) is 0 Å². The van der Waals surface area contributed by atoms with Crippen molar-refractivity contribution in [3.63, 3.8) is 0 Å². The van der Waals surface area contributed by atoms with Crippen LogP contribution < -0.4 is 21.3 Å². The first kappa shape index (κ1) is 23.3. The number of rotatable bonds is 6. The lowest BCUT2D eigenvalue weighted by Gasteiger charge is -2.21. The smallest absolute Gasteiger partial charge is 0.267 e. The number of nitrogen functional groups attached to an aromatic ring is 1. The fourth-order valence-electron chi connectivity index (χ4n) is 4.10. The van der Waals surface area contributed by atoms with Crippen LogP contribution in [0.1, 0.15) is 18.8 Å². The molecule has 2 heterocycles. The number of halogens is 1. The molecule has 0 saturated heterocycles. The summed E-state index contributed by atoms with van der Waals surface area (Å²) in [7, 11) is 1.61. The van der Waals surface area contributed by atoms with Crippen LogP contribution in [0.5, 0.6) is 5.75 Å². The molecule has 9 heteroatoms. The summed E-state index contributed by atoms with van der Waals surface area (Å²) in [5.41, 5.74) is 8.45. The van der Waals surface area contributed by atoms with Gasteiger partial charge in [0.2, 0.25) is 5.95 Å². The summed E-state index contributed by atoms with van der Waals surface area (Å²) < 4.78 is 6.95. The molecule has 0 saturated carbocycles. The highest BCUT2D eigenvalue weighted by Crippen LogP contribution is 2.31. The number of para-hydroxylation sites is 1. The molecular formula is C27H23ClN6O2. The fraction of sp³-hybridized carbons (Fsp3) is 0.111. The monoisotopic (exact) mass is 498 g/mol. The third kappa shape index (κ3) is 4.34. The zero-order valence-corrected chi connectivity index (χ0v) is 20.4. The lowest BCUT2D eigenvalue weighted by Crippen LogP contribution is -2.27. The summed E-state index contributed by atoms with van der Waals surface area (Å²) in [5.74, 6) is 1.82. The molecule has 0 bridgehead atoms. The predicted octanol–water partition coefficient (Wildman–Crippen LogP) is 5.26. The number of fused-ring (bicyclic) bond motifs is 1. The van der Waals surface area contributed by atoms with Crippen LogP contribution in [-0.2, 0) is 0 Å². The Balaban J connectivity index is 1.66. The van der Waals surface area contributed by atoms with Crippen molar-refractivity contribution >= 4 is 34.3 Å². The SMILES string of the molecule is COc1cccc(-c2cnc(N)nc2NC(C)c2nc3cccc(Cl)c3c(=O)n2-c2ccccc2)c1. The van der Waals surface area contributed by atoms with E-state index in [-0.39, 0.29) is 11.5 Å². The van der Waals surface area contributed by atoms with Gasteiger partial charge < -0.3 is 15.8 Å². The summed E-state index contributed by atoms with van der Waals surface area (Å²) in [6, 6.07) is 21.7. The molecule has 2 aromatic heterocycles. The van der Waals surface area contributed by atoms with Crippen molar-refractivity contribution in [2.75, 3.05) is 18.2 Å². The quantitative estimate of drug-likeness (QED) is 0.328. The van der Waals surface area contributed by atoms with Gasteiger partial charge in [-0.3, -0.25) is 9.36 Å². The van der Waals surface area contributed by atoms with Crippen LogP contribution in [0, 0.1) is 0 Å². The molecule has 36 heavy (non-hydrogen) atoms. The van der Waals surface area contributed by atoms with Gasteiger partial charge in [0.05, 0.1) is 34.8 Å². The number of hydrogen-bond donors (Lipinski definition) is 2. The second kappa shape index (κ2) is 9.67. The van der Waals surface area contributed by atoms with Gasteiger partial charge in [-0.2, -0.15) is 4.98 Å². The minimum atomic E-state index is -0.444. The standard InChI is InChI=1S/C27H23ClN6O2/c1-16(31-24-20(15-30-27(29)33-24)17-8-6-11-19(14-17)36-2)25-32-22-13-7-12-21(28)23(22)26(35)34(25)18-9-4-3-5-10-18/h3-16H,1-2H3,(H3,29,30,31,33). The maximum atomic E-state index is 13.7. The molecule has 8 nitrogen and oxygen atoms in total. The number of benzene rings is 3. The molecule has 0 amide bonds. The van der Waals surface area contributed by atoms with Gasteiger partial charge in [0.25, 0.3) is 5.56 Å². The number of nitrogens with one attached hydrogen (secondary N) is 1. The van der Waals surface area contributed by atoms with E-state index in [1.807, 2.05) is 61.5 Å². The van der Waals surface area contributed by atoms with Gasteiger partial charge in [-0.1, -0.05) is 48.0 Å². The molecule has 1 unspecified atom stereocenters. The first-order chi connectivity index (χ1) is 17.5. The van der Waals surface area contributed by atoms with Crippen LogP contribution in [0.2, 0.25) is 5.02 Å². The number of aromatic nitrogens is 4. The summed E-state index contributed by atoms with van der Waals surface area (Å²) in [4.78, 5) is 27.2. The number of ether oxygens (including phenoxy) is 1. The van der Waals surface area contributed by atoms with E-state index in [0.717, 1.165) is 11.1 Å². The topological polar surface area (TPSA) is 108 Å². The molecule has 5 aromatic rings. The van der Waals surface area contributed by atoms with Crippen LogP contribution in [0.15, 0.2) is 83.8 Å². The van der Waals surface area contributed by atoms with Crippen LogP contribution in [-0.4, -0.2) is 26.6 Å². The van der Waals surface area contributed by atoms with Crippen molar-refractivity contribution in [2.45, 2.75) is 13.0 Å². The van der Waals surface area contributed by atoms with E-state index in [2.05, 4.69) is 15.3 Å². The molecular weight excluding hydrogens is 476 g/mol. The van der Waals surface area contributed by atoms with Crippen molar-refractivity contribution in [1.29, 1.82) is 0 Å². The number of hydrogen-bond acceptors (Lipinski definition) is 7. The second-order valence-corrected chi connectivity index (χ2v) is 8.58. The van der Waals surface area contributed by atoms with E-state index in [9.17, 15) is 4.79 Å². The Kier molecular flexibility index (Phi) is 6.26. The Bertz CT molecular complexity index is 1620. The van der Waals surface area contributed by atoms with Gasteiger partial charge >= 0.3 is 0 Å².